The lowest BCUT2D eigenvalue weighted by Crippen LogP contribution is -1.95. The minimum absolute atomic E-state index is 0.568. The Labute approximate surface area is 95.3 Å². The van der Waals surface area contributed by atoms with Crippen LogP contribution in [0.4, 0.5) is 0 Å². The first-order valence-corrected chi connectivity index (χ1v) is 5.50. The van der Waals surface area contributed by atoms with Crippen LogP contribution in [0.3, 0.4) is 0 Å². The van der Waals surface area contributed by atoms with E-state index in [1.54, 1.807) is 0 Å². The zero-order chi connectivity index (χ0) is 11.5. The molecular weight excluding hydrogens is 200 g/mol. The summed E-state index contributed by atoms with van der Waals surface area (Å²) in [6.45, 7) is 4.51. The van der Waals surface area contributed by atoms with Crippen molar-refractivity contribution in [2.75, 3.05) is 0 Å². The monoisotopic (exact) mass is 216 g/mol. The van der Waals surface area contributed by atoms with E-state index in [9.17, 15) is 0 Å². The third-order valence-corrected chi connectivity index (χ3v) is 2.59. The van der Waals surface area contributed by atoms with Crippen molar-refractivity contribution in [1.82, 2.24) is 4.98 Å². The van der Waals surface area contributed by atoms with Crippen molar-refractivity contribution in [3.8, 4) is 11.3 Å². The Morgan fingerprint density at radius 1 is 1.25 bits per heavy atom. The second-order valence-electron chi connectivity index (χ2n) is 3.76. The van der Waals surface area contributed by atoms with Crippen LogP contribution in [0.1, 0.15) is 24.1 Å². The quantitative estimate of drug-likeness (QED) is 0.858. The highest BCUT2D eigenvalue weighted by atomic mass is 16.4. The summed E-state index contributed by atoms with van der Waals surface area (Å²) in [5, 5.41) is 0. The molecule has 16 heavy (non-hydrogen) atoms. The lowest BCUT2D eigenvalue weighted by molar-refractivity contribution is 0.480. The second kappa shape index (κ2) is 4.49. The minimum Gasteiger partial charge on any atom is -0.445 e. The van der Waals surface area contributed by atoms with Gasteiger partial charge in [-0.2, -0.15) is 0 Å². The number of nitrogens with zero attached hydrogens (tertiary/aromatic N) is 1. The molecule has 1 aromatic carbocycles. The highest BCUT2D eigenvalue weighted by Crippen LogP contribution is 2.24. The predicted octanol–water partition coefficient (Wildman–Crippen LogP) is 2.67. The molecule has 0 aliphatic rings. The molecule has 3 heteroatoms. The van der Waals surface area contributed by atoms with Crippen LogP contribution in [-0.4, -0.2) is 4.98 Å². The van der Waals surface area contributed by atoms with Crippen molar-refractivity contribution >= 4 is 0 Å². The molecule has 0 atom stereocenters. The van der Waals surface area contributed by atoms with Crippen molar-refractivity contribution in [3.05, 3.63) is 41.5 Å². The summed E-state index contributed by atoms with van der Waals surface area (Å²) in [5.74, 6) is 1.66. The molecule has 0 aliphatic carbocycles. The fraction of sp³-hybridized carbons (Fsp3) is 0.308. The van der Waals surface area contributed by atoms with E-state index in [0.29, 0.717) is 6.54 Å². The van der Waals surface area contributed by atoms with E-state index in [2.05, 4.69) is 11.9 Å². The molecule has 3 nitrogen and oxygen atoms in total. The Kier molecular flexibility index (Phi) is 3.06. The highest BCUT2D eigenvalue weighted by Gasteiger charge is 2.10. The van der Waals surface area contributed by atoms with Crippen LogP contribution >= 0.6 is 0 Å². The molecule has 0 radical (unpaired) electrons. The first kappa shape index (κ1) is 10.9. The fourth-order valence-corrected chi connectivity index (χ4v) is 1.73. The average Bonchev–Trinajstić information content (AvgIpc) is 2.70. The number of benzene rings is 1. The Hall–Kier alpha value is -1.61. The molecule has 0 fully saturated rings. The van der Waals surface area contributed by atoms with E-state index in [1.165, 1.54) is 0 Å². The van der Waals surface area contributed by atoms with Crippen LogP contribution in [-0.2, 0) is 13.0 Å². The van der Waals surface area contributed by atoms with Gasteiger partial charge in [0.15, 0.2) is 5.89 Å². The van der Waals surface area contributed by atoms with E-state index in [0.717, 1.165) is 34.9 Å². The molecule has 0 saturated heterocycles. The zero-order valence-corrected chi connectivity index (χ0v) is 9.66. The molecule has 0 saturated carbocycles. The van der Waals surface area contributed by atoms with E-state index in [-0.39, 0.29) is 0 Å². The molecule has 0 spiro atoms. The maximum Gasteiger partial charge on any atom is 0.191 e. The summed E-state index contributed by atoms with van der Waals surface area (Å²) < 4.78 is 5.54. The van der Waals surface area contributed by atoms with E-state index in [4.69, 9.17) is 10.2 Å². The van der Waals surface area contributed by atoms with Crippen LogP contribution < -0.4 is 5.73 Å². The van der Waals surface area contributed by atoms with Gasteiger partial charge in [-0.05, 0) is 5.56 Å². The summed E-state index contributed by atoms with van der Waals surface area (Å²) in [6.07, 6.45) is 0.856. The van der Waals surface area contributed by atoms with Gasteiger partial charge in [0.05, 0.1) is 0 Å². The Bertz CT molecular complexity index is 471. The average molecular weight is 216 g/mol. The Balaban J connectivity index is 2.41. The number of hydrogen-bond acceptors (Lipinski definition) is 3. The molecule has 2 aromatic rings. The largest absolute Gasteiger partial charge is 0.445 e. The van der Waals surface area contributed by atoms with Crippen molar-refractivity contribution in [2.24, 2.45) is 5.73 Å². The van der Waals surface area contributed by atoms with Gasteiger partial charge in [-0.3, -0.25) is 0 Å². The van der Waals surface area contributed by atoms with Gasteiger partial charge in [0.2, 0.25) is 0 Å². The summed E-state index contributed by atoms with van der Waals surface area (Å²) in [5.41, 5.74) is 8.73. The number of nitrogens with two attached hydrogens (primary N) is 1. The van der Waals surface area contributed by atoms with Crippen LogP contribution in [0.25, 0.3) is 11.3 Å². The molecule has 1 aromatic heterocycles. The number of rotatable bonds is 3. The fourth-order valence-electron chi connectivity index (χ4n) is 1.73. The van der Waals surface area contributed by atoms with Crippen LogP contribution in [0.2, 0.25) is 0 Å². The van der Waals surface area contributed by atoms with Gasteiger partial charge < -0.3 is 10.2 Å². The predicted molar refractivity (Wildman–Crippen MR) is 63.9 cm³/mol. The lowest BCUT2D eigenvalue weighted by Gasteiger charge is -2.00. The molecule has 84 valence electrons. The van der Waals surface area contributed by atoms with Gasteiger partial charge in [-0.15, -0.1) is 0 Å². The van der Waals surface area contributed by atoms with E-state index >= 15 is 0 Å². The van der Waals surface area contributed by atoms with Gasteiger partial charge >= 0.3 is 0 Å². The van der Waals surface area contributed by atoms with Gasteiger partial charge in [0, 0.05) is 25.5 Å². The molecular formula is C13H16N2O. The van der Waals surface area contributed by atoms with Gasteiger partial charge in [-0.1, -0.05) is 31.2 Å². The lowest BCUT2D eigenvalue weighted by atomic mass is 10.1. The number of aromatic nitrogens is 1. The number of oxazole rings is 1. The third kappa shape index (κ3) is 1.99. The number of aryl methyl sites for hydroxylation is 2. The smallest absolute Gasteiger partial charge is 0.191 e. The maximum absolute atomic E-state index is 5.56. The standard InChI is InChI=1S/C13H16N2O/c1-3-12-13(15-9(2)16-12)11-6-4-10(8-14)5-7-11/h4-7H,3,8,14H2,1-2H3. The first-order valence-electron chi connectivity index (χ1n) is 5.50. The Morgan fingerprint density at radius 2 is 1.94 bits per heavy atom. The third-order valence-electron chi connectivity index (χ3n) is 2.59. The summed E-state index contributed by atoms with van der Waals surface area (Å²) in [7, 11) is 0. The molecule has 2 N–H and O–H groups in total. The minimum atomic E-state index is 0.568. The van der Waals surface area contributed by atoms with Gasteiger partial charge in [0.25, 0.3) is 0 Å². The van der Waals surface area contributed by atoms with Gasteiger partial charge in [0.1, 0.15) is 11.5 Å². The van der Waals surface area contributed by atoms with Crippen LogP contribution in [0.15, 0.2) is 28.7 Å². The highest BCUT2D eigenvalue weighted by molar-refractivity contribution is 5.61. The van der Waals surface area contributed by atoms with Crippen molar-refractivity contribution in [3.63, 3.8) is 0 Å². The summed E-state index contributed by atoms with van der Waals surface area (Å²) >= 11 is 0. The zero-order valence-electron chi connectivity index (χ0n) is 9.66. The molecule has 0 bridgehead atoms. The summed E-state index contributed by atoms with van der Waals surface area (Å²) in [4.78, 5) is 4.41. The van der Waals surface area contributed by atoms with Crippen molar-refractivity contribution in [2.45, 2.75) is 26.8 Å². The Morgan fingerprint density at radius 3 is 2.50 bits per heavy atom. The summed E-state index contributed by atoms with van der Waals surface area (Å²) in [6, 6.07) is 8.13. The topological polar surface area (TPSA) is 52.0 Å². The number of hydrogen-bond donors (Lipinski definition) is 1. The molecule has 1 heterocycles. The van der Waals surface area contributed by atoms with E-state index in [1.807, 2.05) is 31.2 Å². The maximum atomic E-state index is 5.56. The molecule has 0 amide bonds. The first-order chi connectivity index (χ1) is 7.74. The molecule has 2 rings (SSSR count). The second-order valence-corrected chi connectivity index (χ2v) is 3.76. The van der Waals surface area contributed by atoms with Gasteiger partial charge in [-0.25, -0.2) is 4.98 Å². The molecule has 0 unspecified atom stereocenters. The molecule has 0 aliphatic heterocycles. The normalized spacial score (nSPS) is 10.7. The van der Waals surface area contributed by atoms with Crippen molar-refractivity contribution < 1.29 is 4.42 Å². The van der Waals surface area contributed by atoms with Crippen molar-refractivity contribution in [1.29, 1.82) is 0 Å². The van der Waals surface area contributed by atoms with Crippen LogP contribution in [0.5, 0.6) is 0 Å². The van der Waals surface area contributed by atoms with Crippen LogP contribution in [0, 0.1) is 6.92 Å². The van der Waals surface area contributed by atoms with E-state index < -0.39 is 0 Å². The SMILES string of the molecule is CCc1oc(C)nc1-c1ccc(CN)cc1.